The van der Waals surface area contributed by atoms with Crippen molar-refractivity contribution >= 4 is 17.8 Å². The van der Waals surface area contributed by atoms with Gasteiger partial charge in [0, 0.05) is 17.2 Å². The number of hydrogen-bond acceptors (Lipinski definition) is 4. The molecule has 4 heteroatoms. The number of nitrogens with zero attached hydrogens (tertiary/aromatic N) is 2. The number of nitrogens with two attached hydrogens (primary N) is 1. The van der Waals surface area contributed by atoms with E-state index in [9.17, 15) is 0 Å². The molecule has 0 saturated heterocycles. The fourth-order valence-corrected chi connectivity index (χ4v) is 1.73. The third-order valence-electron chi connectivity index (χ3n) is 3.34. The fraction of sp³-hybridized carbons (Fsp3) is 0.286. The molecular weight excluding hydrogens is 226 g/mol. The lowest BCUT2D eigenvalue weighted by Gasteiger charge is -1.96. The van der Waals surface area contributed by atoms with Gasteiger partial charge in [-0.3, -0.25) is 0 Å². The summed E-state index contributed by atoms with van der Waals surface area (Å²) in [5, 5.41) is 4.02. The molecule has 1 heterocycles. The van der Waals surface area contributed by atoms with Crippen molar-refractivity contribution in [3.05, 3.63) is 41.5 Å². The molecule has 0 unspecified atom stereocenters. The average Bonchev–Trinajstić information content (AvgIpc) is 2.94. The largest absolute Gasteiger partial charge is 0.399 e. The maximum atomic E-state index is 5.63. The van der Waals surface area contributed by atoms with E-state index in [1.165, 1.54) is 0 Å². The number of hydrogen-bond donors (Lipinski definition) is 1. The second kappa shape index (κ2) is 3.98. The van der Waals surface area contributed by atoms with Gasteiger partial charge in [0.05, 0.1) is 0 Å². The number of aromatic nitrogens is 2. The highest BCUT2D eigenvalue weighted by Crippen LogP contribution is 2.45. The van der Waals surface area contributed by atoms with Gasteiger partial charge in [0.2, 0.25) is 0 Å². The van der Waals surface area contributed by atoms with Crippen molar-refractivity contribution in [3.63, 3.8) is 0 Å². The van der Waals surface area contributed by atoms with Gasteiger partial charge in [0.1, 0.15) is 0 Å². The van der Waals surface area contributed by atoms with Crippen LogP contribution >= 0.6 is 0 Å². The van der Waals surface area contributed by atoms with Crippen LogP contribution in [0, 0.1) is 0 Å². The van der Waals surface area contributed by atoms with E-state index in [0.717, 1.165) is 29.9 Å². The van der Waals surface area contributed by atoms with Crippen molar-refractivity contribution < 1.29 is 4.52 Å². The van der Waals surface area contributed by atoms with Crippen molar-refractivity contribution in [3.8, 4) is 0 Å². The van der Waals surface area contributed by atoms with Crippen LogP contribution in [0.5, 0.6) is 0 Å². The van der Waals surface area contributed by atoms with E-state index in [-0.39, 0.29) is 5.41 Å². The number of rotatable bonds is 3. The van der Waals surface area contributed by atoms with E-state index >= 15 is 0 Å². The summed E-state index contributed by atoms with van der Waals surface area (Å²) in [4.78, 5) is 4.39. The third-order valence-corrected chi connectivity index (χ3v) is 3.34. The monoisotopic (exact) mass is 241 g/mol. The molecule has 3 rings (SSSR count). The van der Waals surface area contributed by atoms with Crippen molar-refractivity contribution in [2.75, 3.05) is 5.73 Å². The Labute approximate surface area is 106 Å². The molecule has 1 aliphatic rings. The van der Waals surface area contributed by atoms with Gasteiger partial charge in [-0.05, 0) is 36.6 Å². The van der Waals surface area contributed by atoms with Gasteiger partial charge in [-0.15, -0.1) is 0 Å². The molecule has 1 aromatic carbocycles. The SMILES string of the molecule is CC1(c2noc(/C=C/c3ccc(N)cc3)n2)CC1. The van der Waals surface area contributed by atoms with E-state index in [1.807, 2.05) is 36.4 Å². The van der Waals surface area contributed by atoms with Gasteiger partial charge in [0.15, 0.2) is 5.82 Å². The number of nitrogen functional groups attached to an aromatic ring is 1. The molecular formula is C14H15N3O. The molecule has 1 aromatic heterocycles. The first-order chi connectivity index (χ1) is 8.66. The first kappa shape index (κ1) is 11.0. The number of benzene rings is 1. The second-order valence-corrected chi connectivity index (χ2v) is 5.02. The summed E-state index contributed by atoms with van der Waals surface area (Å²) in [6.45, 7) is 2.16. The lowest BCUT2D eigenvalue weighted by Crippen LogP contribution is -2.01. The molecule has 0 radical (unpaired) electrons. The zero-order valence-electron chi connectivity index (χ0n) is 10.3. The van der Waals surface area contributed by atoms with E-state index in [1.54, 1.807) is 0 Å². The Morgan fingerprint density at radius 1 is 1.22 bits per heavy atom. The topological polar surface area (TPSA) is 64.9 Å². The predicted octanol–water partition coefficient (Wildman–Crippen LogP) is 2.87. The zero-order valence-corrected chi connectivity index (χ0v) is 10.3. The maximum Gasteiger partial charge on any atom is 0.250 e. The normalized spacial score (nSPS) is 17.2. The molecule has 0 amide bonds. The van der Waals surface area contributed by atoms with Crippen molar-refractivity contribution in [1.82, 2.24) is 10.1 Å². The smallest absolute Gasteiger partial charge is 0.250 e. The molecule has 2 N–H and O–H groups in total. The molecule has 2 aromatic rings. The summed E-state index contributed by atoms with van der Waals surface area (Å²) >= 11 is 0. The molecule has 1 fully saturated rings. The lowest BCUT2D eigenvalue weighted by molar-refractivity contribution is 0.398. The van der Waals surface area contributed by atoms with Gasteiger partial charge in [-0.2, -0.15) is 4.98 Å². The van der Waals surface area contributed by atoms with Crippen LogP contribution < -0.4 is 5.73 Å². The standard InChI is InChI=1S/C14H15N3O/c1-14(8-9-14)13-16-12(18-17-13)7-4-10-2-5-11(15)6-3-10/h2-7H,8-9,15H2,1H3/b7-4+. The molecule has 18 heavy (non-hydrogen) atoms. The quantitative estimate of drug-likeness (QED) is 0.839. The van der Waals surface area contributed by atoms with Crippen LogP contribution in [0.25, 0.3) is 12.2 Å². The van der Waals surface area contributed by atoms with Gasteiger partial charge in [0.25, 0.3) is 5.89 Å². The zero-order chi connectivity index (χ0) is 12.6. The minimum absolute atomic E-state index is 0.150. The predicted molar refractivity (Wildman–Crippen MR) is 70.7 cm³/mol. The second-order valence-electron chi connectivity index (χ2n) is 5.02. The highest BCUT2D eigenvalue weighted by Gasteiger charge is 2.43. The van der Waals surface area contributed by atoms with Crippen LogP contribution in [0.1, 0.15) is 37.0 Å². The Bertz CT molecular complexity index is 579. The minimum Gasteiger partial charge on any atom is -0.399 e. The Morgan fingerprint density at radius 2 is 1.94 bits per heavy atom. The van der Waals surface area contributed by atoms with Crippen molar-refractivity contribution in [1.29, 1.82) is 0 Å². The van der Waals surface area contributed by atoms with Crippen LogP contribution in [0.15, 0.2) is 28.8 Å². The molecule has 4 nitrogen and oxygen atoms in total. The van der Waals surface area contributed by atoms with Crippen LogP contribution in [0.3, 0.4) is 0 Å². The van der Waals surface area contributed by atoms with E-state index in [0.29, 0.717) is 5.89 Å². The van der Waals surface area contributed by atoms with E-state index in [2.05, 4.69) is 17.1 Å². The highest BCUT2D eigenvalue weighted by molar-refractivity contribution is 5.66. The minimum atomic E-state index is 0.150. The maximum absolute atomic E-state index is 5.63. The van der Waals surface area contributed by atoms with E-state index in [4.69, 9.17) is 10.3 Å². The van der Waals surface area contributed by atoms with Crippen LogP contribution in [-0.4, -0.2) is 10.1 Å². The first-order valence-corrected chi connectivity index (χ1v) is 6.04. The summed E-state index contributed by atoms with van der Waals surface area (Å²) in [5.74, 6) is 1.37. The Hall–Kier alpha value is -2.10. The summed E-state index contributed by atoms with van der Waals surface area (Å²) in [7, 11) is 0. The van der Waals surface area contributed by atoms with Gasteiger partial charge < -0.3 is 10.3 Å². The Morgan fingerprint density at radius 3 is 2.61 bits per heavy atom. The van der Waals surface area contributed by atoms with Crippen LogP contribution in [0.4, 0.5) is 5.69 Å². The van der Waals surface area contributed by atoms with Crippen molar-refractivity contribution in [2.45, 2.75) is 25.2 Å². The van der Waals surface area contributed by atoms with Crippen LogP contribution in [0.2, 0.25) is 0 Å². The Balaban J connectivity index is 1.76. The third kappa shape index (κ3) is 2.14. The molecule has 1 saturated carbocycles. The van der Waals surface area contributed by atoms with Crippen molar-refractivity contribution in [2.24, 2.45) is 0 Å². The highest BCUT2D eigenvalue weighted by atomic mass is 16.5. The summed E-state index contributed by atoms with van der Waals surface area (Å²) in [6.07, 6.45) is 6.06. The average molecular weight is 241 g/mol. The molecule has 0 spiro atoms. The molecule has 0 atom stereocenters. The van der Waals surface area contributed by atoms with Gasteiger partial charge in [-0.25, -0.2) is 0 Å². The fourth-order valence-electron chi connectivity index (χ4n) is 1.73. The number of anilines is 1. The molecule has 0 aliphatic heterocycles. The van der Waals surface area contributed by atoms with Crippen LogP contribution in [-0.2, 0) is 5.41 Å². The summed E-state index contributed by atoms with van der Waals surface area (Å²) in [6, 6.07) is 7.63. The molecule has 0 bridgehead atoms. The van der Waals surface area contributed by atoms with Gasteiger partial charge in [-0.1, -0.05) is 24.2 Å². The molecule has 92 valence electrons. The summed E-state index contributed by atoms with van der Waals surface area (Å²) in [5.41, 5.74) is 7.59. The Kier molecular flexibility index (Phi) is 2.44. The summed E-state index contributed by atoms with van der Waals surface area (Å²) < 4.78 is 5.20. The first-order valence-electron chi connectivity index (χ1n) is 6.04. The van der Waals surface area contributed by atoms with E-state index < -0.39 is 0 Å². The molecule has 1 aliphatic carbocycles. The van der Waals surface area contributed by atoms with Gasteiger partial charge >= 0.3 is 0 Å². The lowest BCUT2D eigenvalue weighted by atomic mass is 10.1.